The monoisotopic (exact) mass is 248 g/mol. The van der Waals surface area contributed by atoms with Crippen LogP contribution in [0.25, 0.3) is 5.57 Å². The van der Waals surface area contributed by atoms with Crippen LogP contribution in [0.2, 0.25) is 0 Å². The van der Waals surface area contributed by atoms with E-state index < -0.39 is 0 Å². The Balaban J connectivity index is 2.24. The molecule has 3 rings (SSSR count). The summed E-state index contributed by atoms with van der Waals surface area (Å²) < 4.78 is 0. The summed E-state index contributed by atoms with van der Waals surface area (Å²) in [6, 6.07) is 19.6. The summed E-state index contributed by atoms with van der Waals surface area (Å²) in [5.41, 5.74) is 7.44. The van der Waals surface area contributed by atoms with Gasteiger partial charge in [-0.2, -0.15) is 0 Å². The van der Waals surface area contributed by atoms with Crippen LogP contribution in [0.15, 0.2) is 60.2 Å². The van der Waals surface area contributed by atoms with Crippen LogP contribution in [0.4, 0.5) is 0 Å². The smallest absolute Gasteiger partial charge is 0.00462 e. The van der Waals surface area contributed by atoms with Crippen LogP contribution in [0.1, 0.15) is 37.5 Å². The van der Waals surface area contributed by atoms with Gasteiger partial charge in [0.25, 0.3) is 0 Å². The largest absolute Gasteiger partial charge is 0.0622 e. The number of rotatable bonds is 1. The highest BCUT2D eigenvalue weighted by atomic mass is 14.3. The summed E-state index contributed by atoms with van der Waals surface area (Å²) in [4.78, 5) is 0. The van der Waals surface area contributed by atoms with E-state index in [0.29, 0.717) is 0 Å². The Labute approximate surface area is 115 Å². The van der Waals surface area contributed by atoms with Crippen molar-refractivity contribution >= 4 is 5.57 Å². The molecule has 0 fully saturated rings. The second kappa shape index (κ2) is 4.38. The number of allylic oxidation sites excluding steroid dienone is 1. The van der Waals surface area contributed by atoms with Crippen LogP contribution in [0.5, 0.6) is 0 Å². The molecule has 0 atom stereocenters. The lowest BCUT2D eigenvalue weighted by Crippen LogP contribution is -2.10. The first-order valence-electron chi connectivity index (χ1n) is 6.95. The summed E-state index contributed by atoms with van der Waals surface area (Å²) in [6.45, 7) is 6.95. The Hall–Kier alpha value is -1.82. The van der Waals surface area contributed by atoms with Crippen LogP contribution in [-0.4, -0.2) is 0 Å². The summed E-state index contributed by atoms with van der Waals surface area (Å²) in [5.74, 6) is 0. The van der Waals surface area contributed by atoms with Crippen LogP contribution in [0, 0.1) is 5.41 Å². The first-order valence-corrected chi connectivity index (χ1v) is 6.95. The van der Waals surface area contributed by atoms with Gasteiger partial charge in [-0.15, -0.1) is 0 Å². The minimum Gasteiger partial charge on any atom is -0.0622 e. The standard InChI is InChI=1S/C19H20/c1-19(2,3)17-13-15-11-7-8-12-16(15)18(17)14-9-5-4-6-10-14/h4-12H,13H2,1-3H3. The summed E-state index contributed by atoms with van der Waals surface area (Å²) in [7, 11) is 0. The molecule has 0 saturated carbocycles. The molecule has 0 heterocycles. The Morgan fingerprint density at radius 3 is 2.11 bits per heavy atom. The van der Waals surface area contributed by atoms with Crippen LogP contribution in [0.3, 0.4) is 0 Å². The van der Waals surface area contributed by atoms with Crippen molar-refractivity contribution in [1.29, 1.82) is 0 Å². The van der Waals surface area contributed by atoms with Crippen LogP contribution < -0.4 is 0 Å². The molecule has 2 aromatic rings. The second-order valence-corrected chi connectivity index (χ2v) is 6.30. The van der Waals surface area contributed by atoms with Gasteiger partial charge in [0.1, 0.15) is 0 Å². The zero-order valence-corrected chi connectivity index (χ0v) is 11.9. The Morgan fingerprint density at radius 2 is 1.42 bits per heavy atom. The highest BCUT2D eigenvalue weighted by Gasteiger charge is 2.29. The summed E-state index contributed by atoms with van der Waals surface area (Å²) in [5, 5.41) is 0. The van der Waals surface area contributed by atoms with Crippen molar-refractivity contribution in [3.63, 3.8) is 0 Å². The third-order valence-electron chi connectivity index (χ3n) is 3.92. The van der Waals surface area contributed by atoms with Gasteiger partial charge in [0.2, 0.25) is 0 Å². The van der Waals surface area contributed by atoms with Crippen molar-refractivity contribution in [2.24, 2.45) is 5.41 Å². The molecule has 0 N–H and O–H groups in total. The van der Waals surface area contributed by atoms with E-state index in [9.17, 15) is 0 Å². The first kappa shape index (κ1) is 12.2. The van der Waals surface area contributed by atoms with Crippen molar-refractivity contribution in [3.05, 3.63) is 76.9 Å². The Kier molecular flexibility index (Phi) is 2.82. The zero-order chi connectivity index (χ0) is 13.5. The molecule has 96 valence electrons. The van der Waals surface area contributed by atoms with Gasteiger partial charge in [-0.3, -0.25) is 0 Å². The topological polar surface area (TPSA) is 0 Å². The molecule has 0 amide bonds. The van der Waals surface area contributed by atoms with Crippen molar-refractivity contribution in [3.8, 4) is 0 Å². The lowest BCUT2D eigenvalue weighted by Gasteiger charge is -2.23. The molecule has 1 aliphatic rings. The second-order valence-electron chi connectivity index (χ2n) is 6.30. The zero-order valence-electron chi connectivity index (χ0n) is 11.9. The number of benzene rings is 2. The maximum absolute atomic E-state index is 2.32. The molecule has 0 aromatic heterocycles. The molecule has 19 heavy (non-hydrogen) atoms. The molecule has 0 radical (unpaired) electrons. The van der Waals surface area contributed by atoms with Gasteiger partial charge in [-0.05, 0) is 34.1 Å². The Bertz CT molecular complexity index is 625. The van der Waals surface area contributed by atoms with Crippen molar-refractivity contribution in [2.75, 3.05) is 0 Å². The third kappa shape index (κ3) is 2.12. The molecular weight excluding hydrogens is 228 g/mol. The maximum atomic E-state index is 2.32. The van der Waals surface area contributed by atoms with E-state index in [4.69, 9.17) is 0 Å². The summed E-state index contributed by atoms with van der Waals surface area (Å²) >= 11 is 0. The van der Waals surface area contributed by atoms with E-state index in [1.54, 1.807) is 5.57 Å². The number of hydrogen-bond donors (Lipinski definition) is 0. The maximum Gasteiger partial charge on any atom is -0.00462 e. The minimum absolute atomic E-state index is 0.212. The molecule has 0 unspecified atom stereocenters. The van der Waals surface area contributed by atoms with E-state index in [-0.39, 0.29) is 5.41 Å². The fourth-order valence-electron chi connectivity index (χ4n) is 2.93. The average Bonchev–Trinajstić information content (AvgIpc) is 2.79. The fraction of sp³-hybridized carbons (Fsp3) is 0.263. The van der Waals surface area contributed by atoms with Gasteiger partial charge in [0.15, 0.2) is 0 Å². The number of fused-ring (bicyclic) bond motifs is 1. The molecule has 0 saturated heterocycles. The van der Waals surface area contributed by atoms with Crippen molar-refractivity contribution < 1.29 is 0 Å². The molecule has 0 bridgehead atoms. The predicted octanol–water partition coefficient (Wildman–Crippen LogP) is 5.09. The van der Waals surface area contributed by atoms with Gasteiger partial charge in [0, 0.05) is 0 Å². The molecule has 0 aliphatic heterocycles. The fourth-order valence-corrected chi connectivity index (χ4v) is 2.93. The summed E-state index contributed by atoms with van der Waals surface area (Å²) in [6.07, 6.45) is 1.09. The van der Waals surface area contributed by atoms with E-state index in [1.807, 2.05) is 0 Å². The first-order chi connectivity index (χ1) is 9.07. The van der Waals surface area contributed by atoms with Gasteiger partial charge in [0.05, 0.1) is 0 Å². The van der Waals surface area contributed by atoms with Crippen molar-refractivity contribution in [1.82, 2.24) is 0 Å². The quantitative estimate of drug-likeness (QED) is 0.659. The van der Waals surface area contributed by atoms with Gasteiger partial charge in [-0.1, -0.05) is 80.9 Å². The highest BCUT2D eigenvalue weighted by molar-refractivity contribution is 5.87. The van der Waals surface area contributed by atoms with Gasteiger partial charge < -0.3 is 0 Å². The third-order valence-corrected chi connectivity index (χ3v) is 3.92. The lowest BCUT2D eigenvalue weighted by atomic mass is 9.82. The van der Waals surface area contributed by atoms with Gasteiger partial charge in [-0.25, -0.2) is 0 Å². The molecule has 1 aliphatic carbocycles. The van der Waals surface area contributed by atoms with E-state index in [1.165, 1.54) is 22.3 Å². The molecule has 0 spiro atoms. The van der Waals surface area contributed by atoms with Crippen LogP contribution >= 0.6 is 0 Å². The molecule has 2 aromatic carbocycles. The normalized spacial score (nSPS) is 14.7. The average molecular weight is 248 g/mol. The van der Waals surface area contributed by atoms with E-state index in [0.717, 1.165) is 6.42 Å². The lowest BCUT2D eigenvalue weighted by molar-refractivity contribution is 0.497. The molecule has 0 nitrogen and oxygen atoms in total. The molecular formula is C19H20. The van der Waals surface area contributed by atoms with Gasteiger partial charge >= 0.3 is 0 Å². The predicted molar refractivity (Wildman–Crippen MR) is 82.1 cm³/mol. The van der Waals surface area contributed by atoms with E-state index >= 15 is 0 Å². The van der Waals surface area contributed by atoms with Crippen molar-refractivity contribution in [2.45, 2.75) is 27.2 Å². The number of hydrogen-bond acceptors (Lipinski definition) is 0. The SMILES string of the molecule is CC(C)(C)C1=C(c2ccccc2)c2ccccc2C1. The highest BCUT2D eigenvalue weighted by Crippen LogP contribution is 2.44. The molecule has 0 heteroatoms. The minimum atomic E-state index is 0.212. The van der Waals surface area contributed by atoms with Crippen LogP contribution in [-0.2, 0) is 6.42 Å². The Morgan fingerprint density at radius 1 is 0.789 bits per heavy atom. The van der Waals surface area contributed by atoms with E-state index in [2.05, 4.69) is 75.4 Å².